The van der Waals surface area contributed by atoms with Gasteiger partial charge in [-0.2, -0.15) is 0 Å². The lowest BCUT2D eigenvalue weighted by molar-refractivity contribution is -0.119. The molecule has 0 spiro atoms. The van der Waals surface area contributed by atoms with E-state index in [4.69, 9.17) is 10.8 Å². The average Bonchev–Trinajstić information content (AvgIpc) is 2.35. The van der Waals surface area contributed by atoms with Gasteiger partial charge in [0.05, 0.1) is 0 Å². The third kappa shape index (κ3) is 3.90. The number of nitrogens with zero attached hydrogens (tertiary/aromatic N) is 1. The molecule has 0 saturated carbocycles. The summed E-state index contributed by atoms with van der Waals surface area (Å²) in [5, 5.41) is 30.7. The maximum Gasteiger partial charge on any atom is 0.339 e. The number of carboxylic acids is 1. The van der Waals surface area contributed by atoms with Crippen molar-refractivity contribution in [1.29, 1.82) is 0 Å². The van der Waals surface area contributed by atoms with Crippen LogP contribution in [-0.4, -0.2) is 44.8 Å². The number of pyridine rings is 1. The van der Waals surface area contributed by atoms with Crippen molar-refractivity contribution in [3.63, 3.8) is 0 Å². The van der Waals surface area contributed by atoms with Crippen molar-refractivity contribution in [1.82, 2.24) is 10.3 Å². The summed E-state index contributed by atoms with van der Waals surface area (Å²) in [6, 6.07) is 1.13. The van der Waals surface area contributed by atoms with Crippen molar-refractivity contribution in [3.8, 4) is 0 Å². The molecule has 1 rings (SSSR count). The van der Waals surface area contributed by atoms with Crippen LogP contribution in [0.2, 0.25) is 0 Å². The van der Waals surface area contributed by atoms with Gasteiger partial charge in [0.1, 0.15) is 23.6 Å². The fourth-order valence-electron chi connectivity index (χ4n) is 1.41. The highest BCUT2D eigenvalue weighted by molar-refractivity contribution is 5.92. The van der Waals surface area contributed by atoms with E-state index >= 15 is 0 Å². The van der Waals surface area contributed by atoms with Crippen molar-refractivity contribution >= 4 is 17.7 Å². The molecular formula is C11H15N3O5. The third-order valence-electron chi connectivity index (χ3n) is 2.44. The number of aliphatic hydroxyl groups excluding tert-OH is 2. The Bertz CT molecular complexity index is 491. The fourth-order valence-corrected chi connectivity index (χ4v) is 1.41. The number of anilines is 1. The van der Waals surface area contributed by atoms with Crippen LogP contribution in [0.3, 0.4) is 0 Å². The number of amides is 1. The monoisotopic (exact) mass is 269 g/mol. The summed E-state index contributed by atoms with van der Waals surface area (Å²) < 4.78 is 0. The minimum atomic E-state index is -1.38. The van der Waals surface area contributed by atoms with Crippen LogP contribution < -0.4 is 11.1 Å². The van der Waals surface area contributed by atoms with Gasteiger partial charge in [0, 0.05) is 25.2 Å². The maximum absolute atomic E-state index is 10.9. The molecule has 0 aromatic carbocycles. The quantitative estimate of drug-likeness (QED) is 0.455. The zero-order chi connectivity index (χ0) is 14.6. The van der Waals surface area contributed by atoms with Gasteiger partial charge >= 0.3 is 5.97 Å². The predicted octanol–water partition coefficient (Wildman–Crippen LogP) is -1.11. The van der Waals surface area contributed by atoms with Crippen LogP contribution >= 0.6 is 0 Å². The number of nitrogens with one attached hydrogen (secondary N) is 1. The van der Waals surface area contributed by atoms with Crippen molar-refractivity contribution in [2.24, 2.45) is 0 Å². The van der Waals surface area contributed by atoms with Crippen molar-refractivity contribution < 1.29 is 24.9 Å². The largest absolute Gasteiger partial charge is 0.478 e. The number of nitrogens with two attached hydrogens (primary N) is 1. The Balaban J connectivity index is 2.87. The van der Waals surface area contributed by atoms with Crippen LogP contribution in [-0.2, 0) is 4.79 Å². The number of nitrogen functional groups attached to an aromatic ring is 1. The van der Waals surface area contributed by atoms with E-state index in [1.165, 1.54) is 13.1 Å². The molecule has 1 aromatic rings. The summed E-state index contributed by atoms with van der Waals surface area (Å²) in [5.41, 5.74) is 5.21. The molecule has 1 heterocycles. The van der Waals surface area contributed by atoms with E-state index in [0.29, 0.717) is 0 Å². The number of rotatable bonds is 5. The molecule has 8 nitrogen and oxygen atoms in total. The van der Waals surface area contributed by atoms with Crippen LogP contribution in [0.15, 0.2) is 12.3 Å². The van der Waals surface area contributed by atoms with Gasteiger partial charge < -0.3 is 26.4 Å². The Hall–Kier alpha value is -2.19. The normalized spacial score (nSPS) is 13.6. The van der Waals surface area contributed by atoms with E-state index in [1.807, 2.05) is 0 Å². The Labute approximate surface area is 108 Å². The Morgan fingerprint density at radius 2 is 2.11 bits per heavy atom. The minimum absolute atomic E-state index is 0.101. The van der Waals surface area contributed by atoms with Gasteiger partial charge in [0.2, 0.25) is 5.91 Å². The lowest BCUT2D eigenvalue weighted by Gasteiger charge is -2.18. The number of aliphatic hydroxyl groups is 2. The summed E-state index contributed by atoms with van der Waals surface area (Å²) in [7, 11) is 0. The molecule has 1 amide bonds. The zero-order valence-electron chi connectivity index (χ0n) is 10.2. The first-order valence-corrected chi connectivity index (χ1v) is 5.42. The lowest BCUT2D eigenvalue weighted by atomic mass is 10.0. The molecule has 2 atom stereocenters. The first-order valence-electron chi connectivity index (χ1n) is 5.42. The van der Waals surface area contributed by atoms with Crippen molar-refractivity contribution in [3.05, 3.63) is 23.4 Å². The molecule has 2 unspecified atom stereocenters. The molecule has 104 valence electrons. The Morgan fingerprint density at radius 1 is 1.47 bits per heavy atom. The van der Waals surface area contributed by atoms with E-state index in [2.05, 4.69) is 10.3 Å². The van der Waals surface area contributed by atoms with Gasteiger partial charge in [0.15, 0.2) is 0 Å². The fraction of sp³-hybridized carbons (Fsp3) is 0.364. The summed E-state index contributed by atoms with van der Waals surface area (Å²) in [5.74, 6) is -1.82. The molecule has 0 fully saturated rings. The SMILES string of the molecule is CC(=O)NCC(O)C(O)c1cnc(N)c(C(=O)O)c1. The van der Waals surface area contributed by atoms with E-state index in [9.17, 15) is 19.8 Å². The number of aromatic carboxylic acids is 1. The molecule has 0 aliphatic rings. The van der Waals surface area contributed by atoms with Crippen molar-refractivity contribution in [2.75, 3.05) is 12.3 Å². The van der Waals surface area contributed by atoms with Crippen LogP contribution in [0, 0.1) is 0 Å². The van der Waals surface area contributed by atoms with E-state index in [0.717, 1.165) is 6.07 Å². The van der Waals surface area contributed by atoms with E-state index in [1.54, 1.807) is 0 Å². The number of carbonyl (C=O) groups is 2. The third-order valence-corrected chi connectivity index (χ3v) is 2.44. The summed E-state index contributed by atoms with van der Waals surface area (Å²) in [6.45, 7) is 1.11. The maximum atomic E-state index is 10.9. The molecule has 0 saturated heterocycles. The topological polar surface area (TPSA) is 146 Å². The average molecular weight is 269 g/mol. The van der Waals surface area contributed by atoms with Gasteiger partial charge in [0.25, 0.3) is 0 Å². The molecular weight excluding hydrogens is 254 g/mol. The van der Waals surface area contributed by atoms with Crippen LogP contribution in [0.5, 0.6) is 0 Å². The Morgan fingerprint density at radius 3 is 2.63 bits per heavy atom. The van der Waals surface area contributed by atoms with Crippen LogP contribution in [0.1, 0.15) is 28.9 Å². The first-order chi connectivity index (χ1) is 8.82. The standard InChI is InChI=1S/C11H15N3O5/c1-5(15)13-4-8(16)9(17)6-2-7(11(18)19)10(12)14-3-6/h2-3,8-9,16-17H,4H2,1H3,(H2,12,14)(H,13,15)(H,18,19). The van der Waals surface area contributed by atoms with Gasteiger partial charge in [-0.05, 0) is 6.07 Å². The van der Waals surface area contributed by atoms with Gasteiger partial charge in [-0.15, -0.1) is 0 Å². The first kappa shape index (κ1) is 14.9. The minimum Gasteiger partial charge on any atom is -0.478 e. The molecule has 8 heteroatoms. The molecule has 1 aromatic heterocycles. The molecule has 19 heavy (non-hydrogen) atoms. The molecule has 0 aliphatic heterocycles. The highest BCUT2D eigenvalue weighted by atomic mass is 16.4. The summed E-state index contributed by atoms with van der Waals surface area (Å²) >= 11 is 0. The molecule has 0 radical (unpaired) electrons. The van der Waals surface area contributed by atoms with Gasteiger partial charge in [-0.25, -0.2) is 9.78 Å². The smallest absolute Gasteiger partial charge is 0.339 e. The summed E-state index contributed by atoms with van der Waals surface area (Å²) in [4.78, 5) is 25.2. The number of hydrogen-bond donors (Lipinski definition) is 5. The van der Waals surface area contributed by atoms with Crippen LogP contribution in [0.25, 0.3) is 0 Å². The number of carbonyl (C=O) groups excluding carboxylic acids is 1. The molecule has 0 bridgehead atoms. The highest BCUT2D eigenvalue weighted by Gasteiger charge is 2.21. The van der Waals surface area contributed by atoms with E-state index in [-0.39, 0.29) is 29.4 Å². The highest BCUT2D eigenvalue weighted by Crippen LogP contribution is 2.19. The number of carboxylic acid groups (broad SMARTS) is 1. The van der Waals surface area contributed by atoms with Crippen LogP contribution in [0.4, 0.5) is 5.82 Å². The second kappa shape index (κ2) is 6.12. The summed E-state index contributed by atoms with van der Waals surface area (Å²) in [6.07, 6.45) is -1.49. The second-order valence-electron chi connectivity index (χ2n) is 3.96. The molecule has 0 aliphatic carbocycles. The predicted molar refractivity (Wildman–Crippen MR) is 65.3 cm³/mol. The number of aromatic nitrogens is 1. The van der Waals surface area contributed by atoms with E-state index < -0.39 is 18.2 Å². The Kier molecular flexibility index (Phi) is 4.79. The zero-order valence-corrected chi connectivity index (χ0v) is 10.2. The van der Waals surface area contributed by atoms with Crippen molar-refractivity contribution in [2.45, 2.75) is 19.1 Å². The van der Waals surface area contributed by atoms with Gasteiger partial charge in [-0.1, -0.05) is 0 Å². The molecule has 6 N–H and O–H groups in total. The number of hydrogen-bond acceptors (Lipinski definition) is 6. The second-order valence-corrected chi connectivity index (χ2v) is 3.96. The van der Waals surface area contributed by atoms with Gasteiger partial charge in [-0.3, -0.25) is 4.79 Å². The lowest BCUT2D eigenvalue weighted by Crippen LogP contribution is -2.34.